The molecule has 152 valence electrons. The SMILES string of the molecule is CC(C)[C@@H]1CC[C@@H](C)C[C@H]1C(=O)Nc1cc(-c2ccccc2)nn1C[C@@H](C)N. The van der Waals surface area contributed by atoms with Crippen LogP contribution in [-0.2, 0) is 11.3 Å². The Morgan fingerprint density at radius 3 is 2.61 bits per heavy atom. The van der Waals surface area contributed by atoms with Gasteiger partial charge in [0.2, 0.25) is 5.91 Å². The Balaban J connectivity index is 1.85. The molecule has 0 radical (unpaired) electrons. The zero-order chi connectivity index (χ0) is 20.3. The molecule has 1 aliphatic rings. The molecule has 2 aromatic rings. The Labute approximate surface area is 168 Å². The number of nitrogens with one attached hydrogen (secondary N) is 1. The number of nitrogens with two attached hydrogens (primary N) is 1. The van der Waals surface area contributed by atoms with E-state index in [2.05, 4.69) is 26.1 Å². The van der Waals surface area contributed by atoms with Crippen molar-refractivity contribution in [3.63, 3.8) is 0 Å². The van der Waals surface area contributed by atoms with Crippen molar-refractivity contribution in [2.45, 2.75) is 59.5 Å². The Bertz CT molecular complexity index is 781. The fourth-order valence-corrected chi connectivity index (χ4v) is 4.40. The van der Waals surface area contributed by atoms with Crippen molar-refractivity contribution in [3.8, 4) is 11.3 Å². The minimum atomic E-state index is -0.0442. The fourth-order valence-electron chi connectivity index (χ4n) is 4.40. The molecule has 5 nitrogen and oxygen atoms in total. The highest BCUT2D eigenvalue weighted by Crippen LogP contribution is 2.38. The largest absolute Gasteiger partial charge is 0.326 e. The molecule has 1 aromatic heterocycles. The first-order valence-corrected chi connectivity index (χ1v) is 10.5. The summed E-state index contributed by atoms with van der Waals surface area (Å²) in [5.41, 5.74) is 7.91. The van der Waals surface area contributed by atoms with Crippen LogP contribution in [0, 0.1) is 23.7 Å². The summed E-state index contributed by atoms with van der Waals surface area (Å²) >= 11 is 0. The summed E-state index contributed by atoms with van der Waals surface area (Å²) in [6.07, 6.45) is 3.31. The first kappa shape index (κ1) is 20.6. The number of hydrogen-bond donors (Lipinski definition) is 2. The van der Waals surface area contributed by atoms with Gasteiger partial charge < -0.3 is 11.1 Å². The summed E-state index contributed by atoms with van der Waals surface area (Å²) in [6, 6.07) is 12.0. The van der Waals surface area contributed by atoms with E-state index in [4.69, 9.17) is 10.8 Å². The van der Waals surface area contributed by atoms with E-state index < -0.39 is 0 Å². The molecule has 5 heteroatoms. The Morgan fingerprint density at radius 2 is 1.96 bits per heavy atom. The Kier molecular flexibility index (Phi) is 6.55. The van der Waals surface area contributed by atoms with Gasteiger partial charge in [-0.05, 0) is 37.5 Å². The Morgan fingerprint density at radius 1 is 1.25 bits per heavy atom. The minimum Gasteiger partial charge on any atom is -0.326 e. The lowest BCUT2D eigenvalue weighted by Crippen LogP contribution is -2.37. The third-order valence-corrected chi connectivity index (χ3v) is 5.92. The minimum absolute atomic E-state index is 0.0442. The molecule has 1 heterocycles. The van der Waals surface area contributed by atoms with Crippen molar-refractivity contribution in [2.75, 3.05) is 5.32 Å². The van der Waals surface area contributed by atoms with Crippen molar-refractivity contribution >= 4 is 11.7 Å². The summed E-state index contributed by atoms with van der Waals surface area (Å²) in [6.45, 7) is 9.23. The highest BCUT2D eigenvalue weighted by Gasteiger charge is 2.35. The second-order valence-corrected chi connectivity index (χ2v) is 8.86. The summed E-state index contributed by atoms with van der Waals surface area (Å²) in [5.74, 6) is 2.46. The summed E-state index contributed by atoms with van der Waals surface area (Å²) in [7, 11) is 0. The lowest BCUT2D eigenvalue weighted by molar-refractivity contribution is -0.124. The van der Waals surface area contributed by atoms with Gasteiger partial charge in [-0.15, -0.1) is 0 Å². The molecule has 0 aliphatic heterocycles. The van der Waals surface area contributed by atoms with Crippen LogP contribution in [0.5, 0.6) is 0 Å². The molecular formula is C23H34N4O. The molecule has 0 bridgehead atoms. The molecule has 3 N–H and O–H groups in total. The number of rotatable bonds is 6. The van der Waals surface area contributed by atoms with Gasteiger partial charge in [-0.1, -0.05) is 57.5 Å². The van der Waals surface area contributed by atoms with Crippen LogP contribution >= 0.6 is 0 Å². The van der Waals surface area contributed by atoms with E-state index in [0.29, 0.717) is 24.3 Å². The average molecular weight is 383 g/mol. The van der Waals surface area contributed by atoms with Crippen molar-refractivity contribution < 1.29 is 4.79 Å². The second kappa shape index (κ2) is 8.91. The zero-order valence-corrected chi connectivity index (χ0v) is 17.6. The van der Waals surface area contributed by atoms with Gasteiger partial charge in [0.05, 0.1) is 12.2 Å². The van der Waals surface area contributed by atoms with Crippen LogP contribution in [0.1, 0.15) is 47.0 Å². The summed E-state index contributed by atoms with van der Waals surface area (Å²) < 4.78 is 1.83. The van der Waals surface area contributed by atoms with E-state index in [9.17, 15) is 4.79 Å². The van der Waals surface area contributed by atoms with Gasteiger partial charge in [0, 0.05) is 23.6 Å². The second-order valence-electron chi connectivity index (χ2n) is 8.86. The predicted molar refractivity (Wildman–Crippen MR) is 115 cm³/mol. The quantitative estimate of drug-likeness (QED) is 0.770. The monoisotopic (exact) mass is 382 g/mol. The van der Waals surface area contributed by atoms with E-state index in [1.165, 1.54) is 6.42 Å². The maximum Gasteiger partial charge on any atom is 0.228 e. The standard InChI is InChI=1S/C23H34N4O/c1-15(2)19-11-10-16(3)12-20(19)23(28)25-22-13-21(18-8-6-5-7-9-18)26-27(22)14-17(4)24/h5-9,13,15-17,19-20H,10-12,14,24H2,1-4H3,(H,25,28)/t16-,17-,19+,20-/m1/s1. The number of benzene rings is 1. The molecule has 1 amide bonds. The van der Waals surface area contributed by atoms with Crippen molar-refractivity contribution in [1.82, 2.24) is 9.78 Å². The molecule has 0 saturated heterocycles. The van der Waals surface area contributed by atoms with E-state index in [1.54, 1.807) is 0 Å². The van der Waals surface area contributed by atoms with Crippen LogP contribution in [0.3, 0.4) is 0 Å². The van der Waals surface area contributed by atoms with Gasteiger partial charge in [0.15, 0.2) is 0 Å². The first-order chi connectivity index (χ1) is 13.3. The topological polar surface area (TPSA) is 72.9 Å². The number of aromatic nitrogens is 2. The average Bonchev–Trinajstić information content (AvgIpc) is 3.03. The smallest absolute Gasteiger partial charge is 0.228 e. The van der Waals surface area contributed by atoms with Gasteiger partial charge in [-0.3, -0.25) is 4.79 Å². The predicted octanol–water partition coefficient (Wildman–Crippen LogP) is 4.54. The fraction of sp³-hybridized carbons (Fsp3) is 0.565. The molecule has 4 atom stereocenters. The van der Waals surface area contributed by atoms with Gasteiger partial charge >= 0.3 is 0 Å². The van der Waals surface area contributed by atoms with Crippen molar-refractivity contribution in [1.29, 1.82) is 0 Å². The lowest BCUT2D eigenvalue weighted by atomic mass is 9.70. The number of amides is 1. The van der Waals surface area contributed by atoms with Crippen LogP contribution in [0.2, 0.25) is 0 Å². The molecule has 1 saturated carbocycles. The molecule has 28 heavy (non-hydrogen) atoms. The van der Waals surface area contributed by atoms with E-state index in [1.807, 2.05) is 48.0 Å². The van der Waals surface area contributed by atoms with Gasteiger partial charge in [0.25, 0.3) is 0 Å². The number of hydrogen-bond acceptors (Lipinski definition) is 3. The number of carbonyl (C=O) groups is 1. The molecular weight excluding hydrogens is 348 g/mol. The zero-order valence-electron chi connectivity index (χ0n) is 17.6. The van der Waals surface area contributed by atoms with E-state index >= 15 is 0 Å². The highest BCUT2D eigenvalue weighted by atomic mass is 16.2. The normalized spacial score (nSPS) is 23.6. The Hall–Kier alpha value is -2.14. The molecule has 1 aliphatic carbocycles. The van der Waals surface area contributed by atoms with Gasteiger partial charge in [-0.25, -0.2) is 4.68 Å². The van der Waals surface area contributed by atoms with Crippen LogP contribution in [0.25, 0.3) is 11.3 Å². The molecule has 1 aromatic carbocycles. The summed E-state index contributed by atoms with van der Waals surface area (Å²) in [4.78, 5) is 13.2. The highest BCUT2D eigenvalue weighted by molar-refractivity contribution is 5.92. The first-order valence-electron chi connectivity index (χ1n) is 10.5. The number of anilines is 1. The molecule has 0 spiro atoms. The van der Waals surface area contributed by atoms with Crippen molar-refractivity contribution in [2.24, 2.45) is 29.4 Å². The number of carbonyl (C=O) groups excluding carboxylic acids is 1. The van der Waals surface area contributed by atoms with Crippen LogP contribution in [0.4, 0.5) is 5.82 Å². The third kappa shape index (κ3) is 4.82. The maximum atomic E-state index is 13.2. The third-order valence-electron chi connectivity index (χ3n) is 5.92. The van der Waals surface area contributed by atoms with Crippen LogP contribution < -0.4 is 11.1 Å². The van der Waals surface area contributed by atoms with Crippen LogP contribution in [0.15, 0.2) is 36.4 Å². The van der Waals surface area contributed by atoms with E-state index in [0.717, 1.165) is 29.9 Å². The van der Waals surface area contributed by atoms with Gasteiger partial charge in [-0.2, -0.15) is 5.10 Å². The van der Waals surface area contributed by atoms with Crippen molar-refractivity contribution in [3.05, 3.63) is 36.4 Å². The lowest BCUT2D eigenvalue weighted by Gasteiger charge is -2.36. The van der Waals surface area contributed by atoms with E-state index in [-0.39, 0.29) is 17.9 Å². The summed E-state index contributed by atoms with van der Waals surface area (Å²) in [5, 5.41) is 7.90. The van der Waals surface area contributed by atoms with Gasteiger partial charge in [0.1, 0.15) is 5.82 Å². The molecule has 1 fully saturated rings. The molecule has 3 rings (SSSR count). The van der Waals surface area contributed by atoms with Crippen LogP contribution in [-0.4, -0.2) is 21.7 Å². The maximum absolute atomic E-state index is 13.2. The number of nitrogens with zero attached hydrogens (tertiary/aromatic N) is 2. The molecule has 0 unspecified atom stereocenters.